The number of hydrogen-bond donors (Lipinski definition) is 2. The highest BCUT2D eigenvalue weighted by atomic mass is 16.5. The summed E-state index contributed by atoms with van der Waals surface area (Å²) in [6.07, 6.45) is 4.20. The molecule has 1 aliphatic rings. The number of benzene rings is 1. The number of ether oxygens (including phenoxy) is 1. The molecular weight excluding hydrogens is 202 g/mol. The van der Waals surface area contributed by atoms with Crippen LogP contribution < -0.4 is 10.5 Å². The van der Waals surface area contributed by atoms with Crippen LogP contribution >= 0.6 is 0 Å². The second-order valence-electron chi connectivity index (χ2n) is 4.37. The van der Waals surface area contributed by atoms with E-state index in [1.165, 1.54) is 24.0 Å². The molecule has 0 radical (unpaired) electrons. The van der Waals surface area contributed by atoms with Crippen molar-refractivity contribution in [1.29, 1.82) is 0 Å². The number of aryl methyl sites for hydroxylation is 2. The van der Waals surface area contributed by atoms with Crippen molar-refractivity contribution in [2.24, 2.45) is 5.73 Å². The fraction of sp³-hybridized carbons (Fsp3) is 0.538. The fourth-order valence-corrected chi connectivity index (χ4v) is 2.09. The van der Waals surface area contributed by atoms with Crippen LogP contribution in [-0.4, -0.2) is 24.4 Å². The maximum atomic E-state index is 8.73. The number of nitrogens with two attached hydrogens (primary N) is 1. The summed E-state index contributed by atoms with van der Waals surface area (Å²) in [4.78, 5) is 0. The molecule has 0 heterocycles. The Morgan fingerprint density at radius 1 is 1.31 bits per heavy atom. The van der Waals surface area contributed by atoms with Crippen LogP contribution in [0.2, 0.25) is 0 Å². The second kappa shape index (κ2) is 5.32. The molecule has 0 aromatic heterocycles. The molecule has 1 aromatic carbocycles. The van der Waals surface area contributed by atoms with Gasteiger partial charge in [0.25, 0.3) is 0 Å². The van der Waals surface area contributed by atoms with E-state index >= 15 is 0 Å². The first-order chi connectivity index (χ1) is 7.79. The van der Waals surface area contributed by atoms with Crippen LogP contribution in [0.3, 0.4) is 0 Å². The van der Waals surface area contributed by atoms with Gasteiger partial charge >= 0.3 is 0 Å². The zero-order valence-corrected chi connectivity index (χ0v) is 9.48. The quantitative estimate of drug-likeness (QED) is 0.787. The number of aliphatic hydroxyl groups is 1. The highest BCUT2D eigenvalue weighted by Crippen LogP contribution is 2.25. The van der Waals surface area contributed by atoms with Crippen molar-refractivity contribution in [2.45, 2.75) is 31.7 Å². The maximum absolute atomic E-state index is 8.73. The standard InChI is InChI=1S/C13H19NO2/c14-12(6-7-15)9-16-13-5-4-10-2-1-3-11(10)8-13/h4-5,8,12,15H,1-3,6-7,9,14H2. The molecular formula is C13H19NO2. The molecule has 0 saturated carbocycles. The van der Waals surface area contributed by atoms with Gasteiger partial charge in [-0.1, -0.05) is 6.07 Å². The van der Waals surface area contributed by atoms with E-state index < -0.39 is 0 Å². The summed E-state index contributed by atoms with van der Waals surface area (Å²) in [6, 6.07) is 6.19. The second-order valence-corrected chi connectivity index (χ2v) is 4.37. The summed E-state index contributed by atoms with van der Waals surface area (Å²) >= 11 is 0. The molecule has 1 atom stereocenters. The van der Waals surface area contributed by atoms with E-state index in [1.54, 1.807) is 0 Å². The van der Waals surface area contributed by atoms with Gasteiger partial charge in [0, 0.05) is 12.6 Å². The van der Waals surface area contributed by atoms with Gasteiger partial charge < -0.3 is 15.6 Å². The van der Waals surface area contributed by atoms with Crippen LogP contribution in [0.15, 0.2) is 18.2 Å². The van der Waals surface area contributed by atoms with Gasteiger partial charge in [-0.15, -0.1) is 0 Å². The Bertz CT molecular complexity index is 352. The summed E-state index contributed by atoms with van der Waals surface area (Å²) < 4.78 is 5.61. The molecule has 0 bridgehead atoms. The topological polar surface area (TPSA) is 55.5 Å². The van der Waals surface area contributed by atoms with E-state index in [-0.39, 0.29) is 12.6 Å². The van der Waals surface area contributed by atoms with Crippen LogP contribution in [0, 0.1) is 0 Å². The van der Waals surface area contributed by atoms with Crippen molar-refractivity contribution >= 4 is 0 Å². The minimum absolute atomic E-state index is 0.0849. The van der Waals surface area contributed by atoms with Gasteiger partial charge in [0.15, 0.2) is 0 Å². The van der Waals surface area contributed by atoms with Gasteiger partial charge in [0.1, 0.15) is 12.4 Å². The fourth-order valence-electron chi connectivity index (χ4n) is 2.09. The van der Waals surface area contributed by atoms with Crippen LogP contribution in [0.4, 0.5) is 0 Å². The third-order valence-corrected chi connectivity index (χ3v) is 3.03. The van der Waals surface area contributed by atoms with Crippen LogP contribution in [0.25, 0.3) is 0 Å². The Morgan fingerprint density at radius 2 is 2.12 bits per heavy atom. The summed E-state index contributed by atoms with van der Waals surface area (Å²) in [5.74, 6) is 0.897. The first kappa shape index (κ1) is 11.4. The summed E-state index contributed by atoms with van der Waals surface area (Å²) in [7, 11) is 0. The first-order valence-electron chi connectivity index (χ1n) is 5.90. The monoisotopic (exact) mass is 221 g/mol. The van der Waals surface area contributed by atoms with Crippen LogP contribution in [-0.2, 0) is 12.8 Å². The molecule has 3 nitrogen and oxygen atoms in total. The molecule has 3 heteroatoms. The summed E-state index contributed by atoms with van der Waals surface area (Å²) in [6.45, 7) is 0.591. The van der Waals surface area contributed by atoms with Crippen LogP contribution in [0.5, 0.6) is 5.75 Å². The Labute approximate surface area is 96.2 Å². The van der Waals surface area contributed by atoms with E-state index in [1.807, 2.05) is 6.07 Å². The highest BCUT2D eigenvalue weighted by molar-refractivity contribution is 5.38. The molecule has 0 aliphatic heterocycles. The van der Waals surface area contributed by atoms with E-state index in [0.717, 1.165) is 12.2 Å². The lowest BCUT2D eigenvalue weighted by atomic mass is 10.1. The summed E-state index contributed by atoms with van der Waals surface area (Å²) in [5.41, 5.74) is 8.62. The molecule has 3 N–H and O–H groups in total. The lowest BCUT2D eigenvalue weighted by Crippen LogP contribution is -2.28. The molecule has 1 unspecified atom stereocenters. The molecule has 0 amide bonds. The van der Waals surface area contributed by atoms with Gasteiger partial charge in [-0.3, -0.25) is 0 Å². The summed E-state index contributed by atoms with van der Waals surface area (Å²) in [5, 5.41) is 8.73. The first-order valence-corrected chi connectivity index (χ1v) is 5.90. The molecule has 0 fully saturated rings. The Kier molecular flexibility index (Phi) is 3.80. The van der Waals surface area contributed by atoms with Gasteiger partial charge in [-0.25, -0.2) is 0 Å². The van der Waals surface area contributed by atoms with E-state index in [2.05, 4.69) is 12.1 Å². The smallest absolute Gasteiger partial charge is 0.119 e. The minimum Gasteiger partial charge on any atom is -0.492 e. The number of aliphatic hydroxyl groups excluding tert-OH is 1. The Morgan fingerprint density at radius 3 is 2.94 bits per heavy atom. The molecule has 88 valence electrons. The van der Waals surface area contributed by atoms with Crippen molar-refractivity contribution in [2.75, 3.05) is 13.2 Å². The van der Waals surface area contributed by atoms with E-state index in [0.29, 0.717) is 13.0 Å². The van der Waals surface area contributed by atoms with Crippen molar-refractivity contribution in [3.63, 3.8) is 0 Å². The predicted molar refractivity (Wildman–Crippen MR) is 63.6 cm³/mol. The van der Waals surface area contributed by atoms with Gasteiger partial charge in [0.05, 0.1) is 0 Å². The maximum Gasteiger partial charge on any atom is 0.119 e. The zero-order chi connectivity index (χ0) is 11.4. The average Bonchev–Trinajstić information content (AvgIpc) is 2.74. The number of hydrogen-bond acceptors (Lipinski definition) is 3. The van der Waals surface area contributed by atoms with Gasteiger partial charge in [0.2, 0.25) is 0 Å². The number of fused-ring (bicyclic) bond motifs is 1. The molecule has 1 aliphatic carbocycles. The van der Waals surface area contributed by atoms with Gasteiger partial charge in [-0.2, -0.15) is 0 Å². The largest absolute Gasteiger partial charge is 0.492 e. The lowest BCUT2D eigenvalue weighted by Gasteiger charge is -2.12. The van der Waals surface area contributed by atoms with Crippen LogP contribution in [0.1, 0.15) is 24.0 Å². The molecule has 2 rings (SSSR count). The normalized spacial score (nSPS) is 15.9. The van der Waals surface area contributed by atoms with E-state index in [4.69, 9.17) is 15.6 Å². The predicted octanol–water partition coefficient (Wildman–Crippen LogP) is 1.26. The third kappa shape index (κ3) is 2.74. The Balaban J connectivity index is 1.90. The van der Waals surface area contributed by atoms with Gasteiger partial charge in [-0.05, 0) is 48.9 Å². The molecule has 16 heavy (non-hydrogen) atoms. The lowest BCUT2D eigenvalue weighted by molar-refractivity contribution is 0.233. The SMILES string of the molecule is NC(CCO)COc1ccc2c(c1)CCC2. The number of rotatable bonds is 5. The average molecular weight is 221 g/mol. The highest BCUT2D eigenvalue weighted by Gasteiger charge is 2.11. The van der Waals surface area contributed by atoms with Crippen molar-refractivity contribution in [3.8, 4) is 5.75 Å². The third-order valence-electron chi connectivity index (χ3n) is 3.03. The zero-order valence-electron chi connectivity index (χ0n) is 9.48. The molecule has 0 saturated heterocycles. The molecule has 0 spiro atoms. The molecule has 1 aromatic rings. The van der Waals surface area contributed by atoms with Crippen molar-refractivity contribution in [3.05, 3.63) is 29.3 Å². The Hall–Kier alpha value is -1.06. The minimum atomic E-state index is -0.0849. The van der Waals surface area contributed by atoms with Crippen molar-refractivity contribution < 1.29 is 9.84 Å². The van der Waals surface area contributed by atoms with Crippen molar-refractivity contribution in [1.82, 2.24) is 0 Å². The van der Waals surface area contributed by atoms with E-state index in [9.17, 15) is 0 Å².